The van der Waals surface area contributed by atoms with Gasteiger partial charge in [-0.25, -0.2) is 9.59 Å². The first-order valence-electron chi connectivity index (χ1n) is 30.3. The summed E-state index contributed by atoms with van der Waals surface area (Å²) < 4.78 is 88.4. The molecular formula is C58H81AcIN2O28. The minimum Gasteiger partial charge on any atom is -0.501 e. The average molecular weight is 1610 g/mol. The molecule has 32 heteroatoms. The molecule has 4 unspecified atom stereocenters. The predicted molar refractivity (Wildman–Crippen MR) is 301 cm³/mol. The van der Waals surface area contributed by atoms with Crippen molar-refractivity contribution >= 4 is 58.5 Å². The number of hydrogen-bond acceptors (Lipinski definition) is 28. The number of ether oxygens (including phenoxy) is 17. The standard InChI is InChI=1S/2C11H13NO7.C7H9IO2.C7H10O2.3C6H10O3.C4H6O.Ac/c2*13-8-1-2-9(14)12(8)19-11(15)18-7-5-17-10-6(7)3-4-16-10;1-2-4-9-7-6(8)3-5-10-7;1-5-4-9-7-6(5)2-3-8-7;3*7-5-3-9-6-4(5)1-2-8-6;1-2-4-5-3-1;/h2*6-7,10H,1-5H2;1,6-7H,3-5H2;6-7H,1-4H2;3*4-7H,1-3H2;1,3H,2,4H2;/t6?,7-,10+;6-,7-,10+;6-,7-;6?,7-;2*4?,5-,6+;4-,5-,6+;;/m0101001../s1. The molecular weight excluding hydrogens is 1530 g/mol. The first kappa shape index (κ1) is 73.0. The van der Waals surface area contributed by atoms with E-state index in [1.807, 2.05) is 6.08 Å². The Hall–Kier alpha value is -2.85. The van der Waals surface area contributed by atoms with Crippen molar-refractivity contribution in [3.8, 4) is 12.3 Å². The fourth-order valence-electron chi connectivity index (χ4n) is 11.8. The number of alkyl halides is 1. The van der Waals surface area contributed by atoms with Crippen LogP contribution in [-0.4, -0.2) is 239 Å². The summed E-state index contributed by atoms with van der Waals surface area (Å²) in [5.74, 6) is 1.50. The molecule has 30 nitrogen and oxygen atoms in total. The third kappa shape index (κ3) is 20.3. The van der Waals surface area contributed by atoms with Gasteiger partial charge in [-0.1, -0.05) is 45.2 Å². The molecule has 90 heavy (non-hydrogen) atoms. The molecule has 16 heterocycles. The molecule has 0 aromatic rings. The number of fused-ring (bicyclic) bond motifs is 6. The molecule has 15 saturated heterocycles. The number of terminal acetylenes is 1. The molecule has 501 valence electrons. The zero-order valence-electron chi connectivity index (χ0n) is 49.9. The topological polar surface area (TPSA) is 345 Å². The molecule has 4 amide bonds. The third-order valence-corrected chi connectivity index (χ3v) is 17.9. The molecule has 3 N–H and O–H groups in total. The van der Waals surface area contributed by atoms with Gasteiger partial charge < -0.3 is 95.8 Å². The van der Waals surface area contributed by atoms with Gasteiger partial charge in [0.15, 0.2) is 44.0 Å². The van der Waals surface area contributed by atoms with E-state index < -0.39 is 48.1 Å². The minimum absolute atomic E-state index is 0. The summed E-state index contributed by atoms with van der Waals surface area (Å²) in [6.45, 7) is 12.6. The van der Waals surface area contributed by atoms with Crippen LogP contribution in [0.25, 0.3) is 0 Å². The molecule has 0 spiro atoms. The Morgan fingerprint density at radius 2 is 0.922 bits per heavy atom. The molecule has 0 bridgehead atoms. The number of rotatable bonds is 6. The second kappa shape index (κ2) is 36.9. The van der Waals surface area contributed by atoms with Crippen molar-refractivity contribution in [2.45, 2.75) is 156 Å². The number of hydroxylamine groups is 4. The summed E-state index contributed by atoms with van der Waals surface area (Å²) in [7, 11) is 0. The number of nitrogens with zero attached hydrogens (tertiary/aromatic N) is 2. The number of amides is 4. The Balaban J connectivity index is 0.000000137. The number of aliphatic hydroxyl groups is 3. The molecule has 1 radical (unpaired) electrons. The molecule has 15 fully saturated rings. The number of aliphatic hydroxyl groups excluding tert-OH is 3. The summed E-state index contributed by atoms with van der Waals surface area (Å²) in [4.78, 5) is 77.4. The van der Waals surface area contributed by atoms with Gasteiger partial charge in [-0.2, -0.15) is 0 Å². The molecule has 16 aliphatic rings. The summed E-state index contributed by atoms with van der Waals surface area (Å²) in [5.41, 5.74) is 1.21. The number of halogens is 1. The van der Waals surface area contributed by atoms with Crippen LogP contribution in [0.3, 0.4) is 0 Å². The van der Waals surface area contributed by atoms with Gasteiger partial charge in [0.05, 0.1) is 133 Å². The summed E-state index contributed by atoms with van der Waals surface area (Å²) in [6.07, 6.45) is 11.7. The summed E-state index contributed by atoms with van der Waals surface area (Å²) in [5, 5.41) is 28.5. The Morgan fingerprint density at radius 1 is 0.533 bits per heavy atom. The minimum atomic E-state index is -1.07. The van der Waals surface area contributed by atoms with E-state index in [1.165, 1.54) is 5.57 Å². The van der Waals surface area contributed by atoms with Gasteiger partial charge in [0.25, 0.3) is 23.6 Å². The number of carbonyl (C=O) groups excluding carboxylic acids is 6. The SMILES string of the molecule is C#CCO[C@H]1OCC[C@@H]1I.C1=COCC1.C=C1CO[C@H]2OCCC12.O=C(O[C@@H]1CO[C@@H]2OCC[C@@H]21)ON1C(=O)CCC1=O.O=C(O[C@H]1CO[C@H]2OCCC21)ON1C(=O)CCC1=O.O[C@@H]1CO[C@@H]2OCC[C@@H]21.O[C@H]1CO[C@H]2OCCC21.O[C@H]1CO[C@H]2OCCC21.[Ac]. The second-order valence-corrected chi connectivity index (χ2v) is 24.3. The number of hydrogen-bond donors (Lipinski definition) is 3. The van der Waals surface area contributed by atoms with E-state index in [9.17, 15) is 44.1 Å². The van der Waals surface area contributed by atoms with E-state index in [0.29, 0.717) is 66.2 Å². The maximum absolute atomic E-state index is 11.5. The fraction of sp³-hybridized carbons (Fsp3) is 0.793. The first-order chi connectivity index (χ1) is 43.1. The third-order valence-electron chi connectivity index (χ3n) is 16.7. The van der Waals surface area contributed by atoms with Crippen LogP contribution < -0.4 is 0 Å². The first-order valence-corrected chi connectivity index (χ1v) is 31.6. The van der Waals surface area contributed by atoms with Crippen LogP contribution in [0.5, 0.6) is 0 Å². The molecule has 0 saturated carbocycles. The van der Waals surface area contributed by atoms with Crippen LogP contribution in [0, 0.1) is 91.9 Å². The molecule has 0 aromatic carbocycles. The molecule has 0 aliphatic carbocycles. The summed E-state index contributed by atoms with van der Waals surface area (Å²) >= 11 is 2.32. The van der Waals surface area contributed by atoms with Gasteiger partial charge in [-0.05, 0) is 56.6 Å². The van der Waals surface area contributed by atoms with E-state index in [0.717, 1.165) is 91.0 Å². The van der Waals surface area contributed by atoms with Gasteiger partial charge in [0.1, 0.15) is 18.8 Å². The van der Waals surface area contributed by atoms with Crippen LogP contribution in [0.15, 0.2) is 24.5 Å². The number of carbonyl (C=O) groups is 6. The Bertz CT molecular complexity index is 2260. The van der Waals surface area contributed by atoms with E-state index in [2.05, 4.69) is 44.8 Å². The molecule has 19 atom stereocenters. The van der Waals surface area contributed by atoms with E-state index in [4.69, 9.17) is 87.0 Å². The van der Waals surface area contributed by atoms with Crippen molar-refractivity contribution in [1.82, 2.24) is 10.1 Å². The van der Waals surface area contributed by atoms with Gasteiger partial charge in [0.2, 0.25) is 0 Å². The average Bonchev–Trinajstić information content (AvgIpc) is 2.39. The predicted octanol–water partition coefficient (Wildman–Crippen LogP) is 2.19. The normalized spacial score (nSPS) is 37.9. The van der Waals surface area contributed by atoms with E-state index >= 15 is 0 Å². The largest absolute Gasteiger partial charge is 0.534 e. The quantitative estimate of drug-likeness (QED) is 0.0857. The van der Waals surface area contributed by atoms with Crippen molar-refractivity contribution < 1.29 is 178 Å². The maximum Gasteiger partial charge on any atom is 0.534 e. The molecule has 16 aliphatic heterocycles. The maximum atomic E-state index is 11.5. The van der Waals surface area contributed by atoms with Gasteiger partial charge in [-0.15, -0.1) is 6.42 Å². The zero-order valence-corrected chi connectivity index (χ0v) is 56.8. The van der Waals surface area contributed by atoms with Crippen molar-refractivity contribution in [2.75, 3.05) is 99.1 Å². The Labute approximate surface area is 569 Å². The summed E-state index contributed by atoms with van der Waals surface area (Å²) in [6, 6.07) is 0. The van der Waals surface area contributed by atoms with Crippen LogP contribution in [0.1, 0.15) is 77.0 Å². The Morgan fingerprint density at radius 3 is 1.28 bits per heavy atom. The van der Waals surface area contributed by atoms with Crippen LogP contribution in [0.2, 0.25) is 0 Å². The van der Waals surface area contributed by atoms with Gasteiger partial charge in [-0.3, -0.25) is 28.9 Å². The Kier molecular flexibility index (Phi) is 29.9. The van der Waals surface area contributed by atoms with Crippen LogP contribution in [-0.2, 0) is 109 Å². The monoisotopic (exact) mass is 1610 g/mol. The molecule has 0 aromatic heterocycles. The van der Waals surface area contributed by atoms with E-state index in [-0.39, 0.29) is 175 Å². The fourth-order valence-corrected chi connectivity index (χ4v) is 12.4. The van der Waals surface area contributed by atoms with Crippen molar-refractivity contribution in [2.24, 2.45) is 35.5 Å². The van der Waals surface area contributed by atoms with Gasteiger partial charge >= 0.3 is 12.3 Å². The van der Waals surface area contributed by atoms with Crippen LogP contribution in [0.4, 0.5) is 9.59 Å². The van der Waals surface area contributed by atoms with Gasteiger partial charge in [0, 0.05) is 99.8 Å². The second-order valence-electron chi connectivity index (χ2n) is 22.7. The molecule has 16 rings (SSSR count). The van der Waals surface area contributed by atoms with Crippen molar-refractivity contribution in [3.63, 3.8) is 0 Å². The number of imide groups is 2. The van der Waals surface area contributed by atoms with Crippen LogP contribution >= 0.6 is 22.6 Å². The van der Waals surface area contributed by atoms with E-state index in [1.54, 1.807) is 6.26 Å². The van der Waals surface area contributed by atoms with Crippen molar-refractivity contribution in [1.29, 1.82) is 0 Å². The zero-order chi connectivity index (χ0) is 62.8. The van der Waals surface area contributed by atoms with Crippen molar-refractivity contribution in [3.05, 3.63) is 24.5 Å². The smallest absolute Gasteiger partial charge is 0.501 e.